The molecule has 2 heterocycles. The number of anilines is 1. The lowest BCUT2D eigenvalue weighted by Crippen LogP contribution is -2.09. The van der Waals surface area contributed by atoms with Crippen molar-refractivity contribution in [2.75, 3.05) is 12.4 Å². The van der Waals surface area contributed by atoms with Crippen LogP contribution in [-0.4, -0.2) is 17.3 Å². The summed E-state index contributed by atoms with van der Waals surface area (Å²) < 4.78 is 5.09. The Morgan fingerprint density at radius 1 is 0.574 bits per heavy atom. The van der Waals surface area contributed by atoms with Gasteiger partial charge in [-0.1, -0.05) is 109 Å². The van der Waals surface area contributed by atoms with Gasteiger partial charge in [-0.25, -0.2) is 0 Å². The van der Waals surface area contributed by atoms with Crippen LogP contribution in [0.3, 0.4) is 0 Å². The highest BCUT2D eigenvalue weighted by molar-refractivity contribution is 7.26. The molecule has 4 heteroatoms. The van der Waals surface area contributed by atoms with Crippen molar-refractivity contribution in [3.63, 3.8) is 0 Å². The first kappa shape index (κ1) is 27.6. The number of benzene rings is 7. The maximum Gasteiger partial charge on any atom is 0.0736 e. The highest BCUT2D eigenvalue weighted by Crippen LogP contribution is 2.43. The van der Waals surface area contributed by atoms with Crippen molar-refractivity contribution >= 4 is 75.5 Å². The maximum atomic E-state index is 4.65. The number of nitrogens with zero attached hydrogens (tertiary/aromatic N) is 2. The van der Waals surface area contributed by atoms with Gasteiger partial charge in [-0.2, -0.15) is 0 Å². The van der Waals surface area contributed by atoms with Crippen LogP contribution in [0, 0.1) is 0 Å². The fourth-order valence-corrected chi connectivity index (χ4v) is 8.30. The molecule has 47 heavy (non-hydrogen) atoms. The van der Waals surface area contributed by atoms with Crippen LogP contribution in [0.2, 0.25) is 0 Å². The summed E-state index contributed by atoms with van der Waals surface area (Å²) in [5.74, 6) is 0. The van der Waals surface area contributed by atoms with Gasteiger partial charge < -0.3 is 9.88 Å². The van der Waals surface area contributed by atoms with Crippen LogP contribution in [0.1, 0.15) is 16.7 Å². The number of aromatic nitrogens is 1. The Kier molecular flexibility index (Phi) is 6.61. The predicted molar refractivity (Wildman–Crippen MR) is 203 cm³/mol. The predicted octanol–water partition coefficient (Wildman–Crippen LogP) is 11.4. The first-order valence-electron chi connectivity index (χ1n) is 16.0. The number of hydrogen-bond acceptors (Lipinski definition) is 3. The number of nitrogens with one attached hydrogen (secondary N) is 1. The van der Waals surface area contributed by atoms with E-state index in [1.165, 1.54) is 58.3 Å². The molecule has 0 radical (unpaired) electrons. The van der Waals surface area contributed by atoms with E-state index < -0.39 is 0 Å². The van der Waals surface area contributed by atoms with E-state index in [1.54, 1.807) is 0 Å². The zero-order valence-electron chi connectivity index (χ0n) is 25.9. The van der Waals surface area contributed by atoms with Gasteiger partial charge >= 0.3 is 0 Å². The molecule has 0 bridgehead atoms. The minimum Gasteiger partial charge on any atom is -0.380 e. The van der Waals surface area contributed by atoms with E-state index in [0.29, 0.717) is 6.54 Å². The second-order valence-electron chi connectivity index (χ2n) is 11.9. The van der Waals surface area contributed by atoms with Crippen LogP contribution in [-0.2, 0) is 6.54 Å². The molecule has 0 aliphatic rings. The fourth-order valence-electron chi connectivity index (χ4n) is 7.18. The molecule has 1 N–H and O–H groups in total. The molecule has 2 aromatic heterocycles. The Labute approximate surface area is 277 Å². The SMILES string of the molecule is CN=C(c1ccccc1)c1ccccc1NCc1ccc(-n2c3ccccc3c3c4ccc5sc6ccccc6c5c4ccc32)cc1. The lowest BCUT2D eigenvalue weighted by molar-refractivity contribution is 1.12. The number of thiophene rings is 1. The minimum absolute atomic E-state index is 0.714. The van der Waals surface area contributed by atoms with Gasteiger partial charge in [-0.15, -0.1) is 11.3 Å². The Morgan fingerprint density at radius 3 is 2.13 bits per heavy atom. The van der Waals surface area contributed by atoms with E-state index in [9.17, 15) is 0 Å². The summed E-state index contributed by atoms with van der Waals surface area (Å²) in [6.45, 7) is 0.714. The van der Waals surface area contributed by atoms with Crippen molar-refractivity contribution in [1.82, 2.24) is 4.57 Å². The summed E-state index contributed by atoms with van der Waals surface area (Å²) in [6.07, 6.45) is 0. The van der Waals surface area contributed by atoms with Gasteiger partial charge in [0.1, 0.15) is 0 Å². The van der Waals surface area contributed by atoms with Crippen molar-refractivity contribution < 1.29 is 0 Å². The third kappa shape index (κ3) is 4.52. The zero-order valence-corrected chi connectivity index (χ0v) is 26.8. The van der Waals surface area contributed by atoms with Gasteiger partial charge in [-0.3, -0.25) is 4.99 Å². The Bertz CT molecular complexity index is 2630. The molecule has 0 saturated heterocycles. The molecule has 0 fully saturated rings. The molecule has 0 unspecified atom stereocenters. The molecule has 0 amide bonds. The van der Waals surface area contributed by atoms with Crippen LogP contribution in [0.15, 0.2) is 157 Å². The Balaban J connectivity index is 1.09. The van der Waals surface area contributed by atoms with Gasteiger partial charge in [0, 0.05) is 67.0 Å². The largest absolute Gasteiger partial charge is 0.380 e. The molecule has 7 aromatic carbocycles. The van der Waals surface area contributed by atoms with Crippen LogP contribution >= 0.6 is 11.3 Å². The second kappa shape index (κ2) is 11.3. The summed E-state index contributed by atoms with van der Waals surface area (Å²) in [5, 5.41) is 11.6. The Hall–Kier alpha value is -5.71. The van der Waals surface area contributed by atoms with Crippen molar-refractivity contribution in [1.29, 1.82) is 0 Å². The minimum atomic E-state index is 0.714. The van der Waals surface area contributed by atoms with E-state index in [2.05, 4.69) is 160 Å². The number of hydrogen-bond donors (Lipinski definition) is 1. The van der Waals surface area contributed by atoms with E-state index in [-0.39, 0.29) is 0 Å². The number of fused-ring (bicyclic) bond motifs is 9. The molecule has 9 aromatic rings. The first-order chi connectivity index (χ1) is 23.3. The smallest absolute Gasteiger partial charge is 0.0736 e. The van der Waals surface area contributed by atoms with Gasteiger partial charge in [0.05, 0.1) is 16.7 Å². The summed E-state index contributed by atoms with van der Waals surface area (Å²) in [6, 6.07) is 54.6. The molecule has 9 rings (SSSR count). The van der Waals surface area contributed by atoms with Gasteiger partial charge in [0.25, 0.3) is 0 Å². The third-order valence-electron chi connectivity index (χ3n) is 9.30. The Morgan fingerprint density at radius 2 is 1.28 bits per heavy atom. The van der Waals surface area contributed by atoms with Crippen LogP contribution in [0.5, 0.6) is 0 Å². The maximum absolute atomic E-state index is 4.65. The highest BCUT2D eigenvalue weighted by atomic mass is 32.1. The number of aliphatic imine (C=N–C) groups is 1. The van der Waals surface area contributed by atoms with E-state index in [4.69, 9.17) is 0 Å². The highest BCUT2D eigenvalue weighted by Gasteiger charge is 2.17. The molecular weight excluding hydrogens is 591 g/mol. The van der Waals surface area contributed by atoms with Crippen molar-refractivity contribution in [3.05, 3.63) is 168 Å². The van der Waals surface area contributed by atoms with Crippen molar-refractivity contribution in [2.45, 2.75) is 6.54 Å². The van der Waals surface area contributed by atoms with E-state index >= 15 is 0 Å². The second-order valence-corrected chi connectivity index (χ2v) is 13.0. The van der Waals surface area contributed by atoms with Crippen molar-refractivity contribution in [2.24, 2.45) is 4.99 Å². The normalized spacial score (nSPS) is 12.1. The van der Waals surface area contributed by atoms with Gasteiger partial charge in [0.15, 0.2) is 0 Å². The average molecular weight is 622 g/mol. The van der Waals surface area contributed by atoms with Crippen LogP contribution < -0.4 is 5.32 Å². The number of para-hydroxylation sites is 2. The quantitative estimate of drug-likeness (QED) is 0.184. The topological polar surface area (TPSA) is 29.3 Å². The molecule has 0 atom stereocenters. The summed E-state index contributed by atoms with van der Waals surface area (Å²) in [5.41, 5.74) is 9.09. The molecule has 3 nitrogen and oxygen atoms in total. The standard InChI is InChI=1S/C43H31N3S/c1-44-43(29-11-3-2-4-12-29)33-13-5-8-16-36(33)45-27-28-19-21-30(22-20-28)46-37-17-9-6-14-34(37)41-31-24-26-40-42(32(31)23-25-38(41)46)35-15-7-10-18-39(35)47-40/h2-26,45H,27H2,1H3. The third-order valence-corrected chi connectivity index (χ3v) is 10.4. The van der Waals surface area contributed by atoms with Gasteiger partial charge in [-0.05, 0) is 58.8 Å². The van der Waals surface area contributed by atoms with E-state index in [1.807, 2.05) is 24.5 Å². The molecule has 0 saturated carbocycles. The summed E-state index contributed by atoms with van der Waals surface area (Å²) in [4.78, 5) is 4.65. The van der Waals surface area contributed by atoms with Crippen molar-refractivity contribution in [3.8, 4) is 5.69 Å². The number of rotatable bonds is 6. The monoisotopic (exact) mass is 621 g/mol. The molecule has 0 aliphatic carbocycles. The first-order valence-corrected chi connectivity index (χ1v) is 16.8. The fraction of sp³-hybridized carbons (Fsp3) is 0.0465. The zero-order chi connectivity index (χ0) is 31.3. The summed E-state index contributed by atoms with van der Waals surface area (Å²) >= 11 is 1.88. The van der Waals surface area contributed by atoms with Crippen LogP contribution in [0.4, 0.5) is 5.69 Å². The van der Waals surface area contributed by atoms with Crippen LogP contribution in [0.25, 0.3) is 58.4 Å². The molecule has 224 valence electrons. The average Bonchev–Trinajstić information content (AvgIpc) is 3.68. The lowest BCUT2D eigenvalue weighted by Gasteiger charge is -2.15. The van der Waals surface area contributed by atoms with E-state index in [0.717, 1.165) is 28.2 Å². The lowest BCUT2D eigenvalue weighted by atomic mass is 9.99. The molecule has 0 aliphatic heterocycles. The molecule has 0 spiro atoms. The summed E-state index contributed by atoms with van der Waals surface area (Å²) in [7, 11) is 1.86. The molecular formula is C43H31N3S. The van der Waals surface area contributed by atoms with Gasteiger partial charge in [0.2, 0.25) is 0 Å².